The maximum absolute atomic E-state index is 13.7. The summed E-state index contributed by atoms with van der Waals surface area (Å²) >= 11 is 0. The molecule has 0 radical (unpaired) electrons. The number of amides is 4. The second-order valence-electron chi connectivity index (χ2n) is 11.0. The third kappa shape index (κ3) is 9.69. The van der Waals surface area contributed by atoms with E-state index in [1.807, 2.05) is 60.7 Å². The van der Waals surface area contributed by atoms with Crippen molar-refractivity contribution in [1.82, 2.24) is 20.9 Å². The first-order chi connectivity index (χ1) is 21.4. The Morgan fingerprint density at radius 1 is 0.864 bits per heavy atom. The number of likely N-dealkylation sites (N-methyl/N-ethyl adjacent to an activating group) is 1. The van der Waals surface area contributed by atoms with Crippen molar-refractivity contribution in [1.29, 1.82) is 0 Å². The van der Waals surface area contributed by atoms with Gasteiger partial charge in [0.25, 0.3) is 5.91 Å². The molecule has 0 fully saturated rings. The van der Waals surface area contributed by atoms with Crippen LogP contribution >= 0.6 is 0 Å². The number of hydrogen-bond acceptors (Lipinski definition) is 5. The smallest absolute Gasteiger partial charge is 0.255 e. The standard InChI is InChI=1S/C35H42N4O5/c1-39-30(24-27-16-8-5-9-17-27)35(43)36-21-12-2-3-13-23-44-31-19-11-10-18-28(31)33(41)38-29(25-32(39)40)34(42)37-22-20-26-14-6-4-7-15-26/h4-11,14-19,29-30H,2-3,12-13,20-25H2,1H3,(H,36,43)(H,37,42)(H,38,41)/t29-,30-/m0/s1. The minimum absolute atomic E-state index is 0.254. The van der Waals surface area contributed by atoms with Crippen molar-refractivity contribution in [2.24, 2.45) is 0 Å². The lowest BCUT2D eigenvalue weighted by Gasteiger charge is -2.29. The fourth-order valence-electron chi connectivity index (χ4n) is 5.15. The molecule has 44 heavy (non-hydrogen) atoms. The van der Waals surface area contributed by atoms with Crippen molar-refractivity contribution in [2.45, 2.75) is 57.0 Å². The highest BCUT2D eigenvalue weighted by molar-refractivity contribution is 6.01. The third-order valence-corrected chi connectivity index (χ3v) is 7.75. The summed E-state index contributed by atoms with van der Waals surface area (Å²) in [5, 5.41) is 8.64. The average Bonchev–Trinajstić information content (AvgIpc) is 3.04. The summed E-state index contributed by atoms with van der Waals surface area (Å²) in [6, 6.07) is 24.2. The summed E-state index contributed by atoms with van der Waals surface area (Å²) in [6.45, 7) is 1.26. The Kier molecular flexibility index (Phi) is 12.3. The molecule has 1 aliphatic heterocycles. The maximum Gasteiger partial charge on any atom is 0.255 e. The molecule has 3 aromatic rings. The van der Waals surface area contributed by atoms with Crippen molar-refractivity contribution in [2.75, 3.05) is 26.7 Å². The van der Waals surface area contributed by atoms with Crippen molar-refractivity contribution in [3.8, 4) is 5.75 Å². The molecule has 0 unspecified atom stereocenters. The zero-order valence-corrected chi connectivity index (χ0v) is 25.3. The van der Waals surface area contributed by atoms with Gasteiger partial charge in [-0.25, -0.2) is 0 Å². The zero-order valence-electron chi connectivity index (χ0n) is 25.3. The van der Waals surface area contributed by atoms with Gasteiger partial charge in [0.15, 0.2) is 0 Å². The van der Waals surface area contributed by atoms with E-state index in [0.717, 1.165) is 36.8 Å². The Balaban J connectivity index is 1.57. The van der Waals surface area contributed by atoms with Gasteiger partial charge in [-0.05, 0) is 42.5 Å². The molecule has 0 spiro atoms. The first-order valence-corrected chi connectivity index (χ1v) is 15.3. The number of benzene rings is 3. The Bertz CT molecular complexity index is 1380. The van der Waals surface area contributed by atoms with Gasteiger partial charge >= 0.3 is 0 Å². The van der Waals surface area contributed by atoms with Crippen molar-refractivity contribution in [3.05, 3.63) is 102 Å². The van der Waals surface area contributed by atoms with Gasteiger partial charge in [-0.2, -0.15) is 0 Å². The summed E-state index contributed by atoms with van der Waals surface area (Å²) in [5.41, 5.74) is 2.26. The maximum atomic E-state index is 13.7. The van der Waals surface area contributed by atoms with E-state index in [-0.39, 0.29) is 17.9 Å². The monoisotopic (exact) mass is 598 g/mol. The second kappa shape index (κ2) is 16.8. The first kappa shape index (κ1) is 32.3. The number of para-hydroxylation sites is 1. The highest BCUT2D eigenvalue weighted by Crippen LogP contribution is 2.19. The highest BCUT2D eigenvalue weighted by atomic mass is 16.5. The Morgan fingerprint density at radius 3 is 2.27 bits per heavy atom. The third-order valence-electron chi connectivity index (χ3n) is 7.75. The van der Waals surface area contributed by atoms with Crippen LogP contribution in [0.2, 0.25) is 0 Å². The van der Waals surface area contributed by atoms with E-state index >= 15 is 0 Å². The number of hydrogen-bond donors (Lipinski definition) is 3. The van der Waals surface area contributed by atoms with Crippen molar-refractivity contribution >= 4 is 23.6 Å². The van der Waals surface area contributed by atoms with E-state index in [1.165, 1.54) is 4.90 Å². The van der Waals surface area contributed by atoms with Crippen LogP contribution < -0.4 is 20.7 Å². The minimum atomic E-state index is -1.17. The van der Waals surface area contributed by atoms with Crippen LogP contribution in [0.1, 0.15) is 53.6 Å². The van der Waals surface area contributed by atoms with Crippen molar-refractivity contribution < 1.29 is 23.9 Å². The summed E-state index contributed by atoms with van der Waals surface area (Å²) in [7, 11) is 1.57. The van der Waals surface area contributed by atoms with Gasteiger partial charge in [-0.3, -0.25) is 19.2 Å². The molecule has 1 aliphatic rings. The molecule has 232 valence electrons. The fourth-order valence-corrected chi connectivity index (χ4v) is 5.15. The summed E-state index contributed by atoms with van der Waals surface area (Å²) in [4.78, 5) is 55.4. The molecule has 4 rings (SSSR count). The molecule has 0 aromatic heterocycles. The van der Waals surface area contributed by atoms with Crippen LogP contribution in [0.5, 0.6) is 5.75 Å². The van der Waals surface area contributed by atoms with E-state index < -0.39 is 29.8 Å². The van der Waals surface area contributed by atoms with E-state index in [2.05, 4.69) is 16.0 Å². The van der Waals surface area contributed by atoms with Crippen LogP contribution in [-0.4, -0.2) is 67.4 Å². The van der Waals surface area contributed by atoms with E-state index in [1.54, 1.807) is 31.3 Å². The predicted molar refractivity (Wildman–Crippen MR) is 169 cm³/mol. The molecule has 2 atom stereocenters. The van der Waals surface area contributed by atoms with Gasteiger partial charge in [-0.1, -0.05) is 85.6 Å². The van der Waals surface area contributed by atoms with Gasteiger partial charge < -0.3 is 25.6 Å². The van der Waals surface area contributed by atoms with Crippen LogP contribution in [0.25, 0.3) is 0 Å². The minimum Gasteiger partial charge on any atom is -0.493 e. The summed E-state index contributed by atoms with van der Waals surface area (Å²) in [5.74, 6) is -1.26. The molecule has 9 nitrogen and oxygen atoms in total. The topological polar surface area (TPSA) is 117 Å². The number of rotatable bonds is 6. The predicted octanol–water partition coefficient (Wildman–Crippen LogP) is 3.67. The molecule has 0 saturated carbocycles. The molecule has 9 heteroatoms. The summed E-state index contributed by atoms with van der Waals surface area (Å²) in [6.07, 6.45) is 4.00. The molecule has 1 heterocycles. The highest BCUT2D eigenvalue weighted by Gasteiger charge is 2.32. The lowest BCUT2D eigenvalue weighted by Crippen LogP contribution is -2.53. The number of carbonyl (C=O) groups is 4. The molecule has 4 amide bonds. The van der Waals surface area contributed by atoms with Gasteiger partial charge in [-0.15, -0.1) is 0 Å². The van der Waals surface area contributed by atoms with E-state index in [0.29, 0.717) is 38.3 Å². The SMILES string of the molecule is CN1C(=O)C[C@@H](C(=O)NCCc2ccccc2)NC(=O)c2ccccc2OCCCCCCNC(=O)[C@@H]1Cc1ccccc1. The first-order valence-electron chi connectivity index (χ1n) is 15.3. The Morgan fingerprint density at radius 2 is 1.52 bits per heavy atom. The second-order valence-corrected chi connectivity index (χ2v) is 11.0. The van der Waals surface area contributed by atoms with Gasteiger partial charge in [0.2, 0.25) is 17.7 Å². The van der Waals surface area contributed by atoms with Crippen LogP contribution in [0, 0.1) is 0 Å². The lowest BCUT2D eigenvalue weighted by molar-refractivity contribution is -0.140. The molecule has 0 aliphatic carbocycles. The largest absolute Gasteiger partial charge is 0.493 e. The molecule has 0 bridgehead atoms. The molecule has 3 N–H and O–H groups in total. The molecule has 0 saturated heterocycles. The van der Waals surface area contributed by atoms with Crippen LogP contribution in [0.15, 0.2) is 84.9 Å². The number of ether oxygens (including phenoxy) is 1. The molecule has 3 aromatic carbocycles. The molecular weight excluding hydrogens is 556 g/mol. The number of nitrogens with zero attached hydrogens (tertiary/aromatic N) is 1. The number of carbonyl (C=O) groups excluding carboxylic acids is 4. The van der Waals surface area contributed by atoms with Gasteiger partial charge in [0, 0.05) is 26.6 Å². The van der Waals surface area contributed by atoms with Gasteiger partial charge in [0.1, 0.15) is 17.8 Å². The lowest BCUT2D eigenvalue weighted by atomic mass is 10.0. The van der Waals surface area contributed by atoms with Crippen LogP contribution in [0.4, 0.5) is 0 Å². The Labute approximate surface area is 259 Å². The van der Waals surface area contributed by atoms with Crippen LogP contribution in [-0.2, 0) is 27.2 Å². The van der Waals surface area contributed by atoms with E-state index in [9.17, 15) is 19.2 Å². The van der Waals surface area contributed by atoms with E-state index in [4.69, 9.17) is 4.74 Å². The summed E-state index contributed by atoms with van der Waals surface area (Å²) < 4.78 is 5.93. The average molecular weight is 599 g/mol. The quantitative estimate of drug-likeness (QED) is 0.401. The fraction of sp³-hybridized carbons (Fsp3) is 0.371. The van der Waals surface area contributed by atoms with Crippen LogP contribution in [0.3, 0.4) is 0 Å². The number of nitrogens with one attached hydrogen (secondary N) is 3. The van der Waals surface area contributed by atoms with Gasteiger partial charge in [0.05, 0.1) is 18.6 Å². The van der Waals surface area contributed by atoms with Crippen molar-refractivity contribution in [3.63, 3.8) is 0 Å². The zero-order chi connectivity index (χ0) is 31.1. The Hall–Kier alpha value is -4.66. The number of fused-ring (bicyclic) bond motifs is 1. The normalized spacial score (nSPS) is 18.9. The molecular formula is C35H42N4O5.